The molecule has 4 N–H and O–H groups in total. The van der Waals surface area contributed by atoms with Gasteiger partial charge in [0, 0.05) is 5.56 Å². The van der Waals surface area contributed by atoms with E-state index in [0.29, 0.717) is 5.56 Å². The highest BCUT2D eigenvalue weighted by Crippen LogP contribution is 2.00. The van der Waals surface area contributed by atoms with Crippen molar-refractivity contribution in [3.05, 3.63) is 35.9 Å². The first-order valence-electron chi connectivity index (χ1n) is 4.87. The summed E-state index contributed by atoms with van der Waals surface area (Å²) in [6, 6.07) is 6.94. The summed E-state index contributed by atoms with van der Waals surface area (Å²) in [7, 11) is 0. The number of hydrogen-bond acceptors (Lipinski definition) is 3. The van der Waals surface area contributed by atoms with Gasteiger partial charge in [0.2, 0.25) is 5.91 Å². The third-order valence-electron chi connectivity index (χ3n) is 2.06. The van der Waals surface area contributed by atoms with E-state index in [2.05, 4.69) is 5.32 Å². The van der Waals surface area contributed by atoms with Gasteiger partial charge in [0.15, 0.2) is 0 Å². The van der Waals surface area contributed by atoms with Crippen molar-refractivity contribution in [2.24, 2.45) is 5.73 Å². The molecule has 0 fully saturated rings. The van der Waals surface area contributed by atoms with Crippen LogP contribution in [-0.2, 0) is 9.59 Å². The van der Waals surface area contributed by atoms with Crippen molar-refractivity contribution in [2.45, 2.75) is 12.5 Å². The van der Waals surface area contributed by atoms with Crippen LogP contribution in [0.5, 0.6) is 0 Å². The van der Waals surface area contributed by atoms with E-state index in [0.717, 1.165) is 0 Å². The number of hydrogen-bond donors (Lipinski definition) is 3. The fraction of sp³-hybridized carbons (Fsp3) is 0.182. The van der Waals surface area contributed by atoms with Gasteiger partial charge < -0.3 is 16.2 Å². The number of carboxylic acids is 1. The molecular formula is C11H12N2O4. The molecule has 1 atom stereocenters. The van der Waals surface area contributed by atoms with Crippen LogP contribution in [0.4, 0.5) is 0 Å². The Kier molecular flexibility index (Phi) is 4.21. The Morgan fingerprint density at radius 1 is 1.24 bits per heavy atom. The van der Waals surface area contributed by atoms with Gasteiger partial charge in [-0.1, -0.05) is 18.2 Å². The molecule has 1 aromatic rings. The predicted molar refractivity (Wildman–Crippen MR) is 59.1 cm³/mol. The van der Waals surface area contributed by atoms with Crippen LogP contribution in [0.15, 0.2) is 30.3 Å². The average molecular weight is 236 g/mol. The zero-order valence-corrected chi connectivity index (χ0v) is 8.92. The van der Waals surface area contributed by atoms with Crippen LogP contribution in [0.2, 0.25) is 0 Å². The first-order valence-corrected chi connectivity index (χ1v) is 4.87. The van der Waals surface area contributed by atoms with Gasteiger partial charge in [-0.2, -0.15) is 0 Å². The van der Waals surface area contributed by atoms with Gasteiger partial charge in [0.25, 0.3) is 5.91 Å². The van der Waals surface area contributed by atoms with Crippen LogP contribution in [0.25, 0.3) is 0 Å². The topological polar surface area (TPSA) is 109 Å². The van der Waals surface area contributed by atoms with Gasteiger partial charge in [0.1, 0.15) is 6.04 Å². The Morgan fingerprint density at radius 2 is 1.82 bits per heavy atom. The lowest BCUT2D eigenvalue weighted by atomic mass is 10.1. The second-order valence-corrected chi connectivity index (χ2v) is 3.39. The minimum Gasteiger partial charge on any atom is -0.481 e. The SMILES string of the molecule is NC(=O)C(CC(=O)O)NC(=O)c1ccccc1. The number of nitrogens with one attached hydrogen (secondary N) is 1. The molecule has 0 bridgehead atoms. The van der Waals surface area contributed by atoms with Gasteiger partial charge in [0.05, 0.1) is 6.42 Å². The maximum absolute atomic E-state index is 11.6. The molecule has 2 amide bonds. The zero-order valence-electron chi connectivity index (χ0n) is 8.92. The summed E-state index contributed by atoms with van der Waals surface area (Å²) in [6.45, 7) is 0. The van der Waals surface area contributed by atoms with Crippen LogP contribution < -0.4 is 11.1 Å². The highest BCUT2D eigenvalue weighted by molar-refractivity contribution is 5.98. The molecule has 1 unspecified atom stereocenters. The Morgan fingerprint density at radius 3 is 2.29 bits per heavy atom. The Hall–Kier alpha value is -2.37. The molecule has 0 spiro atoms. The van der Waals surface area contributed by atoms with Crippen LogP contribution in [0.3, 0.4) is 0 Å². The van der Waals surface area contributed by atoms with E-state index in [1.54, 1.807) is 30.3 Å². The number of carbonyl (C=O) groups excluding carboxylic acids is 2. The van der Waals surface area contributed by atoms with Crippen molar-refractivity contribution in [3.63, 3.8) is 0 Å². The number of nitrogens with two attached hydrogens (primary N) is 1. The summed E-state index contributed by atoms with van der Waals surface area (Å²) in [4.78, 5) is 33.0. The zero-order chi connectivity index (χ0) is 12.8. The van der Waals surface area contributed by atoms with E-state index in [1.807, 2.05) is 0 Å². The fourth-order valence-electron chi connectivity index (χ4n) is 1.23. The first kappa shape index (κ1) is 12.7. The summed E-state index contributed by atoms with van der Waals surface area (Å²) in [5.41, 5.74) is 5.33. The number of primary amides is 1. The first-order chi connectivity index (χ1) is 8.00. The number of aliphatic carboxylic acids is 1. The number of carboxylic acid groups (broad SMARTS) is 1. The molecule has 6 nitrogen and oxygen atoms in total. The molecule has 0 saturated carbocycles. The van der Waals surface area contributed by atoms with Gasteiger partial charge in [-0.05, 0) is 12.1 Å². The van der Waals surface area contributed by atoms with E-state index >= 15 is 0 Å². The fourth-order valence-corrected chi connectivity index (χ4v) is 1.23. The van der Waals surface area contributed by atoms with Crippen molar-refractivity contribution in [3.8, 4) is 0 Å². The lowest BCUT2D eigenvalue weighted by molar-refractivity contribution is -0.139. The van der Waals surface area contributed by atoms with Gasteiger partial charge in [-0.3, -0.25) is 14.4 Å². The molecule has 0 saturated heterocycles. The molecule has 1 aromatic carbocycles. The van der Waals surface area contributed by atoms with Gasteiger partial charge in [-0.15, -0.1) is 0 Å². The van der Waals surface area contributed by atoms with Gasteiger partial charge >= 0.3 is 5.97 Å². The van der Waals surface area contributed by atoms with Crippen LogP contribution in [0, 0.1) is 0 Å². The van der Waals surface area contributed by atoms with Crippen LogP contribution in [-0.4, -0.2) is 28.9 Å². The Balaban J connectivity index is 2.71. The summed E-state index contributed by atoms with van der Waals surface area (Å²) in [5.74, 6) is -2.62. The van der Waals surface area contributed by atoms with Crippen molar-refractivity contribution in [1.29, 1.82) is 0 Å². The second-order valence-electron chi connectivity index (χ2n) is 3.39. The minimum absolute atomic E-state index is 0.337. The molecule has 0 aliphatic rings. The van der Waals surface area contributed by atoms with E-state index in [4.69, 9.17) is 10.8 Å². The Bertz CT molecular complexity index is 430. The van der Waals surface area contributed by atoms with E-state index in [1.165, 1.54) is 0 Å². The van der Waals surface area contributed by atoms with Crippen molar-refractivity contribution in [1.82, 2.24) is 5.32 Å². The summed E-state index contributed by atoms with van der Waals surface area (Å²) >= 11 is 0. The standard InChI is InChI=1S/C11H12N2O4/c12-10(16)8(6-9(14)15)13-11(17)7-4-2-1-3-5-7/h1-5,8H,6H2,(H2,12,16)(H,13,17)(H,14,15). The lowest BCUT2D eigenvalue weighted by Gasteiger charge is -2.13. The number of rotatable bonds is 5. The number of carbonyl (C=O) groups is 3. The molecule has 90 valence electrons. The predicted octanol–water partition coefficient (Wildman–Crippen LogP) is -0.255. The number of benzene rings is 1. The molecule has 0 aromatic heterocycles. The maximum Gasteiger partial charge on any atom is 0.305 e. The molecule has 6 heteroatoms. The highest BCUT2D eigenvalue weighted by atomic mass is 16.4. The van der Waals surface area contributed by atoms with Crippen LogP contribution in [0.1, 0.15) is 16.8 Å². The number of amides is 2. The molecule has 0 heterocycles. The van der Waals surface area contributed by atoms with E-state index < -0.39 is 30.2 Å². The molecular weight excluding hydrogens is 224 g/mol. The third-order valence-corrected chi connectivity index (χ3v) is 2.06. The van der Waals surface area contributed by atoms with Crippen molar-refractivity contribution < 1.29 is 19.5 Å². The smallest absolute Gasteiger partial charge is 0.305 e. The monoisotopic (exact) mass is 236 g/mol. The molecule has 1 rings (SSSR count). The largest absolute Gasteiger partial charge is 0.481 e. The minimum atomic E-state index is -1.21. The average Bonchev–Trinajstić information content (AvgIpc) is 2.28. The second kappa shape index (κ2) is 5.64. The third kappa shape index (κ3) is 3.94. The summed E-state index contributed by atoms with van der Waals surface area (Å²) in [5, 5.41) is 10.8. The lowest BCUT2D eigenvalue weighted by Crippen LogP contribution is -2.45. The van der Waals surface area contributed by atoms with Crippen molar-refractivity contribution in [2.75, 3.05) is 0 Å². The molecule has 0 aliphatic heterocycles. The summed E-state index contributed by atoms with van der Waals surface area (Å²) < 4.78 is 0. The molecule has 0 radical (unpaired) electrons. The van der Waals surface area contributed by atoms with Crippen molar-refractivity contribution >= 4 is 17.8 Å². The van der Waals surface area contributed by atoms with E-state index in [9.17, 15) is 14.4 Å². The Labute approximate surface area is 97.4 Å². The van der Waals surface area contributed by atoms with E-state index in [-0.39, 0.29) is 0 Å². The molecule has 0 aliphatic carbocycles. The highest BCUT2D eigenvalue weighted by Gasteiger charge is 2.21. The normalized spacial score (nSPS) is 11.5. The maximum atomic E-state index is 11.6. The molecule has 17 heavy (non-hydrogen) atoms. The quantitative estimate of drug-likeness (QED) is 0.654. The van der Waals surface area contributed by atoms with Crippen LogP contribution >= 0.6 is 0 Å². The van der Waals surface area contributed by atoms with Gasteiger partial charge in [-0.25, -0.2) is 0 Å². The summed E-state index contributed by atoms with van der Waals surface area (Å²) in [6.07, 6.45) is -0.534.